The van der Waals surface area contributed by atoms with Crippen LogP contribution in [0.15, 0.2) is 36.5 Å². The van der Waals surface area contributed by atoms with Crippen LogP contribution in [-0.2, 0) is 9.59 Å². The van der Waals surface area contributed by atoms with Gasteiger partial charge in [0.2, 0.25) is 5.91 Å². The van der Waals surface area contributed by atoms with Crippen LogP contribution < -0.4 is 10.6 Å². The third-order valence-electron chi connectivity index (χ3n) is 7.36. The SMILES string of the molecule is CCC(C)(C)C1CCC2(CC1)NC(=O)N(CC(=O)Nc1cccc(-c3ccn[nH]3)c1)C2=O. The lowest BCUT2D eigenvalue weighted by Crippen LogP contribution is -2.51. The van der Waals surface area contributed by atoms with Gasteiger partial charge in [-0.15, -0.1) is 0 Å². The van der Waals surface area contributed by atoms with Crippen molar-refractivity contribution >= 4 is 23.5 Å². The molecule has 1 saturated heterocycles. The molecule has 2 aromatic rings. The molecule has 3 N–H and O–H groups in total. The Morgan fingerprint density at radius 1 is 1.25 bits per heavy atom. The average Bonchev–Trinajstić information content (AvgIpc) is 3.38. The maximum atomic E-state index is 13.2. The maximum Gasteiger partial charge on any atom is 0.325 e. The quantitative estimate of drug-likeness (QED) is 0.595. The number of urea groups is 1. The zero-order valence-corrected chi connectivity index (χ0v) is 18.9. The maximum absolute atomic E-state index is 13.2. The minimum atomic E-state index is -0.863. The standard InChI is InChI=1S/C24H31N5O3/c1-4-23(2,3)17-8-11-24(12-9-17)21(31)29(22(32)27-24)15-20(30)26-18-7-5-6-16(14-18)19-10-13-25-28-19/h5-7,10,13-14,17H,4,8-9,11-12,15H2,1-3H3,(H,25,28)(H,26,30)(H,27,32). The second kappa shape index (κ2) is 8.41. The fraction of sp³-hybridized carbons (Fsp3) is 0.500. The van der Waals surface area contributed by atoms with Crippen molar-refractivity contribution in [3.63, 3.8) is 0 Å². The number of hydrogen-bond acceptors (Lipinski definition) is 4. The molecule has 2 heterocycles. The minimum absolute atomic E-state index is 0.220. The number of rotatable bonds is 6. The minimum Gasteiger partial charge on any atom is -0.325 e. The smallest absolute Gasteiger partial charge is 0.325 e. The van der Waals surface area contributed by atoms with Crippen molar-refractivity contribution in [1.82, 2.24) is 20.4 Å². The molecule has 8 heteroatoms. The summed E-state index contributed by atoms with van der Waals surface area (Å²) in [6, 6.07) is 8.66. The Balaban J connectivity index is 1.39. The van der Waals surface area contributed by atoms with Gasteiger partial charge in [-0.05, 0) is 55.2 Å². The fourth-order valence-electron chi connectivity index (χ4n) is 4.86. The molecule has 1 spiro atoms. The average molecular weight is 438 g/mol. The number of carbonyl (C=O) groups is 3. The van der Waals surface area contributed by atoms with Crippen LogP contribution in [0.25, 0.3) is 11.3 Å². The molecule has 8 nitrogen and oxygen atoms in total. The molecule has 0 atom stereocenters. The Morgan fingerprint density at radius 2 is 2.00 bits per heavy atom. The predicted octanol–water partition coefficient (Wildman–Crippen LogP) is 3.93. The van der Waals surface area contributed by atoms with Crippen molar-refractivity contribution in [2.24, 2.45) is 11.3 Å². The van der Waals surface area contributed by atoms with Crippen molar-refractivity contribution < 1.29 is 14.4 Å². The van der Waals surface area contributed by atoms with Crippen molar-refractivity contribution in [2.45, 2.75) is 58.4 Å². The highest BCUT2D eigenvalue weighted by molar-refractivity contribution is 6.10. The molecule has 0 radical (unpaired) electrons. The Hall–Kier alpha value is -3.16. The van der Waals surface area contributed by atoms with Crippen molar-refractivity contribution in [2.75, 3.05) is 11.9 Å². The molecule has 2 aliphatic rings. The van der Waals surface area contributed by atoms with Gasteiger partial charge in [-0.1, -0.05) is 39.3 Å². The highest BCUT2D eigenvalue weighted by Crippen LogP contribution is 2.45. The normalized spacial score (nSPS) is 23.5. The zero-order valence-electron chi connectivity index (χ0n) is 18.9. The number of nitrogens with one attached hydrogen (secondary N) is 3. The summed E-state index contributed by atoms with van der Waals surface area (Å²) in [6.45, 7) is 6.42. The highest BCUT2D eigenvalue weighted by Gasteiger charge is 2.53. The van der Waals surface area contributed by atoms with Crippen LogP contribution >= 0.6 is 0 Å². The molecular weight excluding hydrogens is 406 g/mol. The number of nitrogens with zero attached hydrogens (tertiary/aromatic N) is 2. The third-order valence-corrected chi connectivity index (χ3v) is 7.36. The Labute approximate surface area is 188 Å². The number of benzene rings is 1. The number of amides is 4. The van der Waals surface area contributed by atoms with Crippen molar-refractivity contribution in [3.05, 3.63) is 36.5 Å². The summed E-state index contributed by atoms with van der Waals surface area (Å²) in [4.78, 5) is 39.5. The van der Waals surface area contributed by atoms with E-state index in [1.807, 2.05) is 24.3 Å². The van der Waals surface area contributed by atoms with E-state index in [0.717, 1.165) is 35.4 Å². The van der Waals surface area contributed by atoms with Gasteiger partial charge in [-0.3, -0.25) is 19.6 Å². The number of H-pyrrole nitrogens is 1. The summed E-state index contributed by atoms with van der Waals surface area (Å²) < 4.78 is 0. The largest absolute Gasteiger partial charge is 0.325 e. The molecular formula is C24H31N5O3. The van der Waals surface area contributed by atoms with Gasteiger partial charge in [-0.2, -0.15) is 5.10 Å². The summed E-state index contributed by atoms with van der Waals surface area (Å²) in [6.07, 6.45) is 5.77. The lowest BCUT2D eigenvalue weighted by molar-refractivity contribution is -0.135. The van der Waals surface area contributed by atoms with Crippen LogP contribution in [0.3, 0.4) is 0 Å². The second-order valence-corrected chi connectivity index (χ2v) is 9.62. The third kappa shape index (κ3) is 4.13. The van der Waals surface area contributed by atoms with Crippen molar-refractivity contribution in [1.29, 1.82) is 0 Å². The summed E-state index contributed by atoms with van der Waals surface area (Å²) in [5.41, 5.74) is 1.65. The van der Waals surface area contributed by atoms with E-state index >= 15 is 0 Å². The molecule has 0 unspecified atom stereocenters. The van der Waals surface area contributed by atoms with Crippen LogP contribution in [-0.4, -0.2) is 45.0 Å². The summed E-state index contributed by atoms with van der Waals surface area (Å²) in [5.74, 6) is -0.160. The molecule has 1 aliphatic carbocycles. The first kappa shape index (κ1) is 22.0. The van der Waals surface area contributed by atoms with Gasteiger partial charge < -0.3 is 10.6 Å². The lowest BCUT2D eigenvalue weighted by Gasteiger charge is -2.42. The van der Waals surface area contributed by atoms with Gasteiger partial charge in [0.05, 0.1) is 5.69 Å². The van der Waals surface area contributed by atoms with E-state index in [0.29, 0.717) is 24.4 Å². The van der Waals surface area contributed by atoms with Crippen LogP contribution in [0.1, 0.15) is 52.9 Å². The van der Waals surface area contributed by atoms with Crippen LogP contribution in [0.2, 0.25) is 0 Å². The molecule has 32 heavy (non-hydrogen) atoms. The lowest BCUT2D eigenvalue weighted by atomic mass is 9.65. The molecule has 2 fully saturated rings. The Kier molecular flexibility index (Phi) is 5.79. The van der Waals surface area contributed by atoms with Crippen LogP contribution in [0.5, 0.6) is 0 Å². The van der Waals surface area contributed by atoms with E-state index < -0.39 is 17.5 Å². The van der Waals surface area contributed by atoms with E-state index in [2.05, 4.69) is 41.6 Å². The fourth-order valence-corrected chi connectivity index (χ4v) is 4.86. The van der Waals surface area contributed by atoms with Gasteiger partial charge in [0, 0.05) is 17.4 Å². The molecule has 1 saturated carbocycles. The molecule has 4 rings (SSSR count). The molecule has 1 aromatic carbocycles. The summed E-state index contributed by atoms with van der Waals surface area (Å²) >= 11 is 0. The number of carbonyl (C=O) groups excluding carboxylic acids is 3. The van der Waals surface area contributed by atoms with Gasteiger partial charge in [-0.25, -0.2) is 4.79 Å². The molecule has 1 aliphatic heterocycles. The van der Waals surface area contributed by atoms with E-state index in [-0.39, 0.29) is 17.9 Å². The number of aromatic amines is 1. The molecule has 170 valence electrons. The Morgan fingerprint density at radius 3 is 2.66 bits per heavy atom. The first-order valence-electron chi connectivity index (χ1n) is 11.3. The van der Waals surface area contributed by atoms with Gasteiger partial charge in [0.1, 0.15) is 12.1 Å². The van der Waals surface area contributed by atoms with E-state index in [9.17, 15) is 14.4 Å². The van der Waals surface area contributed by atoms with Gasteiger partial charge >= 0.3 is 6.03 Å². The Bertz CT molecular complexity index is 1010. The highest BCUT2D eigenvalue weighted by atomic mass is 16.2. The molecule has 0 bridgehead atoms. The summed E-state index contributed by atoms with van der Waals surface area (Å²) in [5, 5.41) is 12.5. The second-order valence-electron chi connectivity index (χ2n) is 9.62. The number of aromatic nitrogens is 2. The number of imide groups is 1. The van der Waals surface area contributed by atoms with Gasteiger partial charge in [0.25, 0.3) is 5.91 Å². The predicted molar refractivity (Wildman–Crippen MR) is 122 cm³/mol. The van der Waals surface area contributed by atoms with Gasteiger partial charge in [0.15, 0.2) is 0 Å². The van der Waals surface area contributed by atoms with Crippen LogP contribution in [0.4, 0.5) is 10.5 Å². The first-order valence-corrected chi connectivity index (χ1v) is 11.3. The molecule has 4 amide bonds. The van der Waals surface area contributed by atoms with E-state index in [1.165, 1.54) is 0 Å². The van der Waals surface area contributed by atoms with Crippen LogP contribution in [0, 0.1) is 11.3 Å². The number of hydrogen-bond donors (Lipinski definition) is 3. The monoisotopic (exact) mass is 437 g/mol. The summed E-state index contributed by atoms with van der Waals surface area (Å²) in [7, 11) is 0. The van der Waals surface area contributed by atoms with Crippen molar-refractivity contribution in [3.8, 4) is 11.3 Å². The zero-order chi connectivity index (χ0) is 22.9. The number of anilines is 1. The topological polar surface area (TPSA) is 107 Å². The van der Waals surface area contributed by atoms with E-state index in [1.54, 1.807) is 12.3 Å². The molecule has 1 aromatic heterocycles. The first-order chi connectivity index (χ1) is 15.2. The van der Waals surface area contributed by atoms with E-state index in [4.69, 9.17) is 0 Å².